The molecule has 2 aromatic carbocycles. The first-order valence-corrected chi connectivity index (χ1v) is 14.9. The number of carbonyl (C=O) groups excluding carboxylic acids is 2. The third kappa shape index (κ3) is 7.26. The van der Waals surface area contributed by atoms with Gasteiger partial charge in [0.05, 0.1) is 12.7 Å². The highest BCUT2D eigenvalue weighted by molar-refractivity contribution is 7.52. The molecule has 0 bridgehead atoms. The quantitative estimate of drug-likeness (QED) is 0.248. The van der Waals surface area contributed by atoms with Crippen LogP contribution in [-0.2, 0) is 23.4 Å². The molecule has 1 unspecified atom stereocenters. The number of hydrogen-bond donors (Lipinski definition) is 3. The van der Waals surface area contributed by atoms with E-state index in [4.69, 9.17) is 18.5 Å². The van der Waals surface area contributed by atoms with Crippen molar-refractivity contribution in [3.05, 3.63) is 79.1 Å². The van der Waals surface area contributed by atoms with Gasteiger partial charge in [0.15, 0.2) is 11.9 Å². The highest BCUT2D eigenvalue weighted by Crippen LogP contribution is 2.47. The van der Waals surface area contributed by atoms with Crippen LogP contribution < -0.4 is 14.9 Å². The second-order valence-corrected chi connectivity index (χ2v) is 12.1. The molecule has 0 spiro atoms. The molecule has 1 saturated heterocycles. The van der Waals surface area contributed by atoms with Gasteiger partial charge in [0.25, 0.3) is 0 Å². The second kappa shape index (κ2) is 12.8. The number of aliphatic hydroxyl groups excluding tert-OH is 1. The van der Waals surface area contributed by atoms with Crippen LogP contribution in [0.5, 0.6) is 5.75 Å². The summed E-state index contributed by atoms with van der Waals surface area (Å²) in [5.74, 6) is -0.540. The Hall–Kier alpha value is -3.54. The van der Waals surface area contributed by atoms with Gasteiger partial charge in [-0.25, -0.2) is 13.8 Å². The van der Waals surface area contributed by atoms with E-state index in [2.05, 4.69) is 17.0 Å². The largest absolute Gasteiger partial charge is 0.462 e. The fraction of sp³-hybridized carbons (Fsp3) is 0.379. The molecule has 0 saturated carbocycles. The number of alkyl halides is 1. The number of esters is 1. The van der Waals surface area contributed by atoms with Crippen molar-refractivity contribution < 1.29 is 42.2 Å². The van der Waals surface area contributed by atoms with Crippen molar-refractivity contribution in [2.24, 2.45) is 0 Å². The van der Waals surface area contributed by atoms with Gasteiger partial charge >= 0.3 is 19.7 Å². The average molecular weight is 604 g/mol. The van der Waals surface area contributed by atoms with Gasteiger partial charge in [-0.15, -0.1) is 0 Å². The standard InChI is InChI=1S/C29H35FN3O8P/c1-18(2)39-26(35)20(4)32-42(37,41-23-13-9-12-22(16-23)21-10-7-6-8-11-21)38-17-24-25(34)29(5,30)27(40-24)33-15-14-19(3)31-28(33)36/h6-16,18,20,24-25,27,34H,3,17H2,1-2,4-5H3,(H,31,36)(H,32,37)/t20-,24+,25+,27+,29+,42?/m0/s1. The number of benzene rings is 2. The van der Waals surface area contributed by atoms with Crippen LogP contribution >= 0.6 is 7.75 Å². The summed E-state index contributed by atoms with van der Waals surface area (Å²) in [4.78, 5) is 25.9. The number of hydrogen-bond acceptors (Lipinski definition) is 8. The molecule has 0 aromatic heterocycles. The number of ether oxygens (including phenoxy) is 2. The van der Waals surface area contributed by atoms with E-state index >= 15 is 4.39 Å². The molecule has 4 rings (SSSR count). The molecular weight excluding hydrogens is 568 g/mol. The van der Waals surface area contributed by atoms with E-state index < -0.39 is 62.6 Å². The molecule has 6 atom stereocenters. The number of urea groups is 1. The van der Waals surface area contributed by atoms with E-state index in [1.165, 1.54) is 19.2 Å². The van der Waals surface area contributed by atoms with Gasteiger partial charge in [0, 0.05) is 11.9 Å². The smallest absolute Gasteiger partial charge is 0.459 e. The van der Waals surface area contributed by atoms with Crippen molar-refractivity contribution in [1.29, 1.82) is 0 Å². The average Bonchev–Trinajstić information content (AvgIpc) is 3.15. The molecule has 2 aliphatic heterocycles. The van der Waals surface area contributed by atoms with Gasteiger partial charge in [-0.05, 0) is 57.0 Å². The third-order valence-electron chi connectivity index (χ3n) is 6.54. The number of allylic oxidation sites excluding steroid dienone is 1. The Bertz CT molecular complexity index is 1390. The molecule has 0 aliphatic carbocycles. The monoisotopic (exact) mass is 603 g/mol. The molecule has 2 aliphatic rings. The van der Waals surface area contributed by atoms with Crippen LogP contribution in [-0.4, -0.2) is 64.9 Å². The summed E-state index contributed by atoms with van der Waals surface area (Å²) in [5.41, 5.74) is -0.463. The lowest BCUT2D eigenvalue weighted by molar-refractivity contribution is -0.149. The van der Waals surface area contributed by atoms with Gasteiger partial charge in [0.2, 0.25) is 0 Å². The maximum Gasteiger partial charge on any atom is 0.459 e. The van der Waals surface area contributed by atoms with E-state index in [9.17, 15) is 19.3 Å². The summed E-state index contributed by atoms with van der Waals surface area (Å²) in [6.07, 6.45) is -2.34. The molecule has 3 N–H and O–H groups in total. The number of rotatable bonds is 11. The molecule has 2 heterocycles. The maximum atomic E-state index is 15.7. The zero-order valence-corrected chi connectivity index (χ0v) is 24.6. The number of halogens is 1. The summed E-state index contributed by atoms with van der Waals surface area (Å²) < 4.78 is 52.1. The number of amides is 2. The molecule has 2 amide bonds. The minimum absolute atomic E-state index is 0.160. The minimum atomic E-state index is -4.38. The van der Waals surface area contributed by atoms with Gasteiger partial charge in [-0.3, -0.25) is 14.2 Å². The molecule has 42 heavy (non-hydrogen) atoms. The topological polar surface area (TPSA) is 136 Å². The number of carbonyl (C=O) groups is 2. The Labute approximate surface area is 243 Å². The van der Waals surface area contributed by atoms with Crippen molar-refractivity contribution in [3.63, 3.8) is 0 Å². The minimum Gasteiger partial charge on any atom is -0.462 e. The Kier molecular flexibility index (Phi) is 9.54. The Morgan fingerprint density at radius 3 is 2.57 bits per heavy atom. The highest BCUT2D eigenvalue weighted by Gasteiger charge is 2.57. The predicted molar refractivity (Wildman–Crippen MR) is 153 cm³/mol. The van der Waals surface area contributed by atoms with Crippen LogP contribution in [0.1, 0.15) is 27.7 Å². The lowest BCUT2D eigenvalue weighted by Gasteiger charge is -2.33. The number of nitrogens with zero attached hydrogens (tertiary/aromatic N) is 1. The zero-order chi connectivity index (χ0) is 30.7. The van der Waals surface area contributed by atoms with Crippen LogP contribution in [0.15, 0.2) is 79.1 Å². The maximum absolute atomic E-state index is 15.7. The van der Waals surface area contributed by atoms with Crippen molar-refractivity contribution in [3.8, 4) is 16.9 Å². The second-order valence-electron chi connectivity index (χ2n) is 10.4. The first-order chi connectivity index (χ1) is 19.8. The molecule has 11 nitrogen and oxygen atoms in total. The van der Waals surface area contributed by atoms with Gasteiger partial charge in [-0.1, -0.05) is 49.0 Å². The summed E-state index contributed by atoms with van der Waals surface area (Å²) in [5, 5.41) is 15.8. The summed E-state index contributed by atoms with van der Waals surface area (Å²) in [6, 6.07) is 14.4. The van der Waals surface area contributed by atoms with Crippen molar-refractivity contribution in [2.45, 2.75) is 63.9 Å². The Balaban J connectivity index is 1.55. The van der Waals surface area contributed by atoms with Crippen molar-refractivity contribution >= 4 is 19.7 Å². The lowest BCUT2D eigenvalue weighted by Crippen LogP contribution is -2.53. The SMILES string of the molecule is C=C1C=CN([C@@H]2O[C@H](COP(=O)(N[C@@H](C)C(=O)OC(C)C)Oc3cccc(-c4ccccc4)c3)[C@@H](O)[C@@]2(C)F)C(=O)N1. The van der Waals surface area contributed by atoms with E-state index in [-0.39, 0.29) is 5.75 Å². The normalized spacial score (nSPS) is 26.1. The first kappa shape index (κ1) is 31.4. The van der Waals surface area contributed by atoms with E-state index in [0.29, 0.717) is 5.70 Å². The van der Waals surface area contributed by atoms with Gasteiger partial charge in [-0.2, -0.15) is 5.09 Å². The lowest BCUT2D eigenvalue weighted by atomic mass is 9.98. The van der Waals surface area contributed by atoms with Crippen LogP contribution in [0.25, 0.3) is 11.1 Å². The highest BCUT2D eigenvalue weighted by atomic mass is 31.2. The van der Waals surface area contributed by atoms with Gasteiger partial charge in [0.1, 0.15) is 24.0 Å². The van der Waals surface area contributed by atoms with Crippen LogP contribution in [0.3, 0.4) is 0 Å². The summed E-state index contributed by atoms with van der Waals surface area (Å²) in [6.45, 7) is 8.86. The van der Waals surface area contributed by atoms with E-state index in [1.54, 1.807) is 32.0 Å². The molecule has 226 valence electrons. The summed E-state index contributed by atoms with van der Waals surface area (Å²) >= 11 is 0. The van der Waals surface area contributed by atoms with Crippen LogP contribution in [0.4, 0.5) is 9.18 Å². The van der Waals surface area contributed by atoms with Crippen LogP contribution in [0, 0.1) is 0 Å². The summed E-state index contributed by atoms with van der Waals surface area (Å²) in [7, 11) is -4.38. The third-order valence-corrected chi connectivity index (χ3v) is 8.18. The molecule has 1 fully saturated rings. The Morgan fingerprint density at radius 2 is 1.90 bits per heavy atom. The fourth-order valence-corrected chi connectivity index (χ4v) is 5.90. The molecule has 0 radical (unpaired) electrons. The first-order valence-electron chi connectivity index (χ1n) is 13.4. The molecule has 2 aromatic rings. The predicted octanol–water partition coefficient (Wildman–Crippen LogP) is 4.65. The Morgan fingerprint density at radius 1 is 1.21 bits per heavy atom. The van der Waals surface area contributed by atoms with Crippen molar-refractivity contribution in [2.75, 3.05) is 6.61 Å². The van der Waals surface area contributed by atoms with Crippen LogP contribution in [0.2, 0.25) is 0 Å². The molecular formula is C29H35FN3O8P. The fourth-order valence-electron chi connectivity index (χ4n) is 4.40. The van der Waals surface area contributed by atoms with Crippen molar-refractivity contribution in [1.82, 2.24) is 15.3 Å². The van der Waals surface area contributed by atoms with Gasteiger partial charge < -0.3 is 24.4 Å². The van der Waals surface area contributed by atoms with E-state index in [1.807, 2.05) is 36.4 Å². The number of nitrogens with one attached hydrogen (secondary N) is 2. The molecule has 13 heteroatoms. The van der Waals surface area contributed by atoms with E-state index in [0.717, 1.165) is 23.0 Å². The number of aliphatic hydroxyl groups is 1. The zero-order valence-electron chi connectivity index (χ0n) is 23.7.